The molecule has 1 fully saturated rings. The van der Waals surface area contributed by atoms with E-state index < -0.39 is 12.1 Å². The van der Waals surface area contributed by atoms with Crippen LogP contribution in [0.25, 0.3) is 0 Å². The second-order valence-corrected chi connectivity index (χ2v) is 8.92. The maximum Gasteiger partial charge on any atom is 0.253 e. The van der Waals surface area contributed by atoms with Gasteiger partial charge in [-0.3, -0.25) is 4.79 Å². The maximum absolute atomic E-state index is 13.4. The van der Waals surface area contributed by atoms with E-state index in [-0.39, 0.29) is 11.9 Å². The van der Waals surface area contributed by atoms with E-state index >= 15 is 0 Å². The van der Waals surface area contributed by atoms with Crippen molar-refractivity contribution < 1.29 is 14.3 Å². The average Bonchev–Trinajstić information content (AvgIpc) is 3.30. The van der Waals surface area contributed by atoms with Crippen molar-refractivity contribution >= 4 is 5.91 Å². The largest absolute Gasteiger partial charge is 0.387 e. The van der Waals surface area contributed by atoms with Gasteiger partial charge in [0.1, 0.15) is 0 Å². The zero-order valence-corrected chi connectivity index (χ0v) is 19.0. The number of amides is 1. The second-order valence-electron chi connectivity index (χ2n) is 8.92. The number of aryl methyl sites for hydroxylation is 1. The van der Waals surface area contributed by atoms with E-state index in [1.54, 1.807) is 24.9 Å². The molecule has 1 amide bonds. The van der Waals surface area contributed by atoms with Gasteiger partial charge in [-0.25, -0.2) is 4.98 Å². The number of aromatic nitrogens is 1. The molecule has 1 aliphatic heterocycles. The van der Waals surface area contributed by atoms with Gasteiger partial charge in [0.15, 0.2) is 0 Å². The van der Waals surface area contributed by atoms with Crippen LogP contribution in [0.5, 0.6) is 0 Å². The summed E-state index contributed by atoms with van der Waals surface area (Å²) in [5.41, 5.74) is 3.97. The molecule has 0 spiro atoms. The van der Waals surface area contributed by atoms with Gasteiger partial charge in [0, 0.05) is 43.0 Å². The topological polar surface area (TPSA) is 65.5 Å². The summed E-state index contributed by atoms with van der Waals surface area (Å²) in [6.07, 6.45) is 3.74. The Kier molecular flexibility index (Phi) is 7.16. The highest BCUT2D eigenvalue weighted by molar-refractivity contribution is 5.94. The zero-order chi connectivity index (χ0) is 23.4. The molecule has 2 heterocycles. The van der Waals surface area contributed by atoms with Gasteiger partial charge in [0.2, 0.25) is 5.95 Å². The summed E-state index contributed by atoms with van der Waals surface area (Å²) in [6, 6.07) is 19.5. The summed E-state index contributed by atoms with van der Waals surface area (Å²) in [5.74, 6) is -0.575. The highest BCUT2D eigenvalue weighted by Crippen LogP contribution is 2.26. The number of nitrogens with zero attached hydrogens (tertiary/aromatic N) is 2. The first-order chi connectivity index (χ1) is 15.9. The molecule has 1 aromatic heterocycles. The molecule has 2 aromatic carbocycles. The van der Waals surface area contributed by atoms with Crippen LogP contribution < -0.4 is 5.32 Å². The third kappa shape index (κ3) is 5.64. The predicted molar refractivity (Wildman–Crippen MR) is 126 cm³/mol. The molecule has 1 saturated heterocycles. The van der Waals surface area contributed by atoms with Crippen LogP contribution in [0.2, 0.25) is 0 Å². The van der Waals surface area contributed by atoms with Crippen molar-refractivity contribution in [2.75, 3.05) is 7.05 Å². The van der Waals surface area contributed by atoms with Crippen LogP contribution in [0.1, 0.15) is 51.6 Å². The molecule has 0 saturated carbocycles. The van der Waals surface area contributed by atoms with Crippen molar-refractivity contribution in [2.45, 2.75) is 50.9 Å². The van der Waals surface area contributed by atoms with E-state index in [0.29, 0.717) is 23.7 Å². The Hall–Kier alpha value is -3.09. The highest BCUT2D eigenvalue weighted by atomic mass is 19.1. The Morgan fingerprint density at radius 2 is 1.88 bits per heavy atom. The zero-order valence-electron chi connectivity index (χ0n) is 19.0. The van der Waals surface area contributed by atoms with Crippen LogP contribution in [-0.4, -0.2) is 40.0 Å². The number of nitrogens with one attached hydrogen (secondary N) is 1. The van der Waals surface area contributed by atoms with Gasteiger partial charge in [-0.05, 0) is 61.1 Å². The van der Waals surface area contributed by atoms with E-state index in [2.05, 4.69) is 10.3 Å². The third-order valence-corrected chi connectivity index (χ3v) is 6.32. The van der Waals surface area contributed by atoms with Crippen molar-refractivity contribution in [3.05, 3.63) is 101 Å². The highest BCUT2D eigenvalue weighted by Gasteiger charge is 2.29. The van der Waals surface area contributed by atoms with Crippen LogP contribution in [-0.2, 0) is 13.0 Å². The molecule has 0 bridgehead atoms. The lowest BCUT2D eigenvalue weighted by atomic mass is 10.0. The summed E-state index contributed by atoms with van der Waals surface area (Å²) in [5, 5.41) is 14.2. The minimum Gasteiger partial charge on any atom is -0.387 e. The number of benzene rings is 2. The molecule has 33 heavy (non-hydrogen) atoms. The van der Waals surface area contributed by atoms with Crippen LogP contribution >= 0.6 is 0 Å². The van der Waals surface area contributed by atoms with Crippen LogP contribution in [0.15, 0.2) is 66.9 Å². The van der Waals surface area contributed by atoms with Gasteiger partial charge >= 0.3 is 0 Å². The monoisotopic (exact) mass is 447 g/mol. The molecule has 172 valence electrons. The van der Waals surface area contributed by atoms with Gasteiger partial charge < -0.3 is 15.3 Å². The SMILES string of the molecule is Cc1cc(CN(C)C(=O)c2ccc(CC3CCC(C(O)c4ccccc4)N3)cc2)cnc1F. The summed E-state index contributed by atoms with van der Waals surface area (Å²) in [7, 11) is 1.73. The van der Waals surface area contributed by atoms with Crippen LogP contribution in [0, 0.1) is 12.9 Å². The number of carbonyl (C=O) groups excluding carboxylic acids is 1. The number of aliphatic hydroxyl groups is 1. The Labute approximate surface area is 194 Å². The number of rotatable bonds is 7. The number of hydrogen-bond donors (Lipinski definition) is 2. The number of pyridine rings is 1. The first kappa shape index (κ1) is 23.1. The molecule has 3 aromatic rings. The number of aliphatic hydroxyl groups excluding tert-OH is 1. The number of halogens is 1. The minimum atomic E-state index is -0.508. The van der Waals surface area contributed by atoms with Gasteiger partial charge in [0.05, 0.1) is 6.10 Å². The van der Waals surface area contributed by atoms with Crippen molar-refractivity contribution in [3.63, 3.8) is 0 Å². The summed E-state index contributed by atoms with van der Waals surface area (Å²) < 4.78 is 13.4. The summed E-state index contributed by atoms with van der Waals surface area (Å²) in [4.78, 5) is 18.1. The first-order valence-electron chi connectivity index (χ1n) is 11.3. The number of carbonyl (C=O) groups is 1. The van der Waals surface area contributed by atoms with E-state index in [4.69, 9.17) is 0 Å². The van der Waals surface area contributed by atoms with Crippen LogP contribution in [0.3, 0.4) is 0 Å². The maximum atomic E-state index is 13.4. The fourth-order valence-electron chi connectivity index (χ4n) is 4.48. The van der Waals surface area contributed by atoms with Crippen molar-refractivity contribution in [1.82, 2.24) is 15.2 Å². The van der Waals surface area contributed by atoms with E-state index in [9.17, 15) is 14.3 Å². The molecule has 3 atom stereocenters. The van der Waals surface area contributed by atoms with Gasteiger partial charge in [-0.15, -0.1) is 0 Å². The molecule has 6 heteroatoms. The van der Waals surface area contributed by atoms with Crippen molar-refractivity contribution in [3.8, 4) is 0 Å². The predicted octanol–water partition coefficient (Wildman–Crippen LogP) is 4.20. The van der Waals surface area contributed by atoms with Crippen molar-refractivity contribution in [2.24, 2.45) is 0 Å². The molecule has 4 rings (SSSR count). The summed E-state index contributed by atoms with van der Waals surface area (Å²) >= 11 is 0. The molecular formula is C27H30FN3O2. The lowest BCUT2D eigenvalue weighted by molar-refractivity contribution is 0.0785. The molecule has 5 nitrogen and oxygen atoms in total. The molecule has 2 N–H and O–H groups in total. The smallest absolute Gasteiger partial charge is 0.253 e. The molecule has 3 unspecified atom stereocenters. The lowest BCUT2D eigenvalue weighted by Crippen LogP contribution is -2.35. The summed E-state index contributed by atoms with van der Waals surface area (Å²) in [6.45, 7) is 2.03. The fourth-order valence-corrected chi connectivity index (χ4v) is 4.48. The van der Waals surface area contributed by atoms with E-state index in [0.717, 1.165) is 36.0 Å². The third-order valence-electron chi connectivity index (χ3n) is 6.32. The van der Waals surface area contributed by atoms with E-state index in [1.807, 2.05) is 54.6 Å². The normalized spacial score (nSPS) is 18.8. The molecule has 0 aliphatic carbocycles. The second kappa shape index (κ2) is 10.2. The number of hydrogen-bond acceptors (Lipinski definition) is 4. The van der Waals surface area contributed by atoms with Crippen molar-refractivity contribution in [1.29, 1.82) is 0 Å². The Bertz CT molecular complexity index is 1090. The van der Waals surface area contributed by atoms with Crippen LogP contribution in [0.4, 0.5) is 4.39 Å². The molecule has 0 radical (unpaired) electrons. The Balaban J connectivity index is 1.31. The first-order valence-corrected chi connectivity index (χ1v) is 11.3. The fraction of sp³-hybridized carbons (Fsp3) is 0.333. The van der Waals surface area contributed by atoms with Gasteiger partial charge in [-0.1, -0.05) is 42.5 Å². The Morgan fingerprint density at radius 3 is 2.58 bits per heavy atom. The lowest BCUT2D eigenvalue weighted by Gasteiger charge is -2.20. The average molecular weight is 448 g/mol. The van der Waals surface area contributed by atoms with Gasteiger partial charge in [-0.2, -0.15) is 4.39 Å². The van der Waals surface area contributed by atoms with E-state index in [1.165, 1.54) is 6.20 Å². The quantitative estimate of drug-likeness (QED) is 0.533. The standard InChI is InChI=1S/C27H30FN3O2/c1-18-14-20(16-29-26(18)28)17-31(2)27(33)22-10-8-19(9-11-22)15-23-12-13-24(30-23)25(32)21-6-4-3-5-7-21/h3-11,14,16,23-25,30,32H,12-13,15,17H2,1-2H3. The van der Waals surface area contributed by atoms with Gasteiger partial charge in [0.25, 0.3) is 5.91 Å². The molecule has 1 aliphatic rings. The minimum absolute atomic E-state index is 0.0523. The molecular weight excluding hydrogens is 417 g/mol. The Morgan fingerprint density at radius 1 is 1.15 bits per heavy atom.